The van der Waals surface area contributed by atoms with Crippen molar-refractivity contribution < 1.29 is 19.5 Å². The number of carboxylic acids is 1. The first-order valence-corrected chi connectivity index (χ1v) is 10.00. The van der Waals surface area contributed by atoms with Crippen LogP contribution in [0, 0.1) is 0 Å². The summed E-state index contributed by atoms with van der Waals surface area (Å²) in [5, 5.41) is 17.9. The number of hydrazine groups is 1. The van der Waals surface area contributed by atoms with Gasteiger partial charge in [0.1, 0.15) is 0 Å². The molecule has 4 aromatic carbocycles. The summed E-state index contributed by atoms with van der Waals surface area (Å²) in [6.45, 7) is 0. The molecule has 1 aliphatic heterocycles. The maximum atomic E-state index is 12.5. The van der Waals surface area contributed by atoms with Crippen molar-refractivity contribution in [3.05, 3.63) is 66.7 Å². The van der Waals surface area contributed by atoms with Gasteiger partial charge in [0.25, 0.3) is 11.8 Å². The molecule has 1 N–H and O–H groups in total. The van der Waals surface area contributed by atoms with E-state index in [1.54, 1.807) is 6.07 Å². The Kier molecular flexibility index (Phi) is 4.15. The van der Waals surface area contributed by atoms with Crippen LogP contribution in [-0.2, 0) is 14.4 Å². The molecule has 0 spiro atoms. The lowest BCUT2D eigenvalue weighted by Crippen LogP contribution is -2.55. The summed E-state index contributed by atoms with van der Waals surface area (Å²) in [5.41, 5.74) is 0.465. The molecule has 0 saturated carbocycles. The van der Waals surface area contributed by atoms with E-state index in [2.05, 4.69) is 12.6 Å². The lowest BCUT2D eigenvalue weighted by Gasteiger charge is -2.36. The zero-order valence-electron chi connectivity index (χ0n) is 15.6. The number of carbonyl (C=O) groups is 3. The topological polar surface area (TPSA) is 77.9 Å². The molecule has 0 bridgehead atoms. The summed E-state index contributed by atoms with van der Waals surface area (Å²) in [6.07, 6.45) is 2.28. The van der Waals surface area contributed by atoms with Crippen molar-refractivity contribution >= 4 is 68.4 Å². The van der Waals surface area contributed by atoms with Gasteiger partial charge in [0.15, 0.2) is 6.04 Å². The molecule has 0 radical (unpaired) electrons. The molecule has 6 nitrogen and oxygen atoms in total. The number of nitrogens with zero attached hydrogens (tertiary/aromatic N) is 2. The molecule has 0 aromatic heterocycles. The van der Waals surface area contributed by atoms with Gasteiger partial charge in [0.2, 0.25) is 0 Å². The van der Waals surface area contributed by atoms with Crippen LogP contribution in [0.2, 0.25) is 0 Å². The Morgan fingerprint density at radius 3 is 2.07 bits per heavy atom. The van der Waals surface area contributed by atoms with Crippen molar-refractivity contribution in [2.24, 2.45) is 0 Å². The van der Waals surface area contributed by atoms with Gasteiger partial charge in [-0.05, 0) is 33.0 Å². The van der Waals surface area contributed by atoms with Crippen LogP contribution in [0.25, 0.3) is 32.3 Å². The fourth-order valence-corrected chi connectivity index (χ4v) is 4.51. The maximum Gasteiger partial charge on any atom is 0.329 e. The van der Waals surface area contributed by atoms with Gasteiger partial charge in [-0.2, -0.15) is 17.6 Å². The summed E-state index contributed by atoms with van der Waals surface area (Å²) in [7, 11) is 0. The quantitative estimate of drug-likeness (QED) is 0.295. The lowest BCUT2D eigenvalue weighted by atomic mass is 9.93. The molecular formula is C23H16N2O4S. The SMILES string of the molecule is O=C(O)C(CS)N(c1ccc2ccc3cccc4ccc1c2c34)N1C(=O)C=CC1=O. The molecule has 1 atom stereocenters. The predicted molar refractivity (Wildman–Crippen MR) is 119 cm³/mol. The van der Waals surface area contributed by atoms with Crippen LogP contribution in [0.4, 0.5) is 5.69 Å². The highest BCUT2D eigenvalue weighted by molar-refractivity contribution is 7.80. The fraction of sp³-hybridized carbons (Fsp3) is 0.0870. The van der Waals surface area contributed by atoms with E-state index < -0.39 is 23.8 Å². The summed E-state index contributed by atoms with van der Waals surface area (Å²) >= 11 is 4.19. The number of hydrogen-bond acceptors (Lipinski definition) is 5. The van der Waals surface area contributed by atoms with E-state index in [-0.39, 0.29) is 5.75 Å². The zero-order valence-corrected chi connectivity index (χ0v) is 16.5. The van der Waals surface area contributed by atoms with Crippen LogP contribution >= 0.6 is 12.6 Å². The normalized spacial score (nSPS) is 15.0. The van der Waals surface area contributed by atoms with E-state index >= 15 is 0 Å². The van der Waals surface area contributed by atoms with Crippen molar-refractivity contribution in [1.29, 1.82) is 0 Å². The van der Waals surface area contributed by atoms with E-state index in [0.29, 0.717) is 5.69 Å². The van der Waals surface area contributed by atoms with Gasteiger partial charge in [0, 0.05) is 23.3 Å². The molecule has 4 aromatic rings. The van der Waals surface area contributed by atoms with Gasteiger partial charge in [-0.15, -0.1) is 0 Å². The number of imide groups is 1. The van der Waals surface area contributed by atoms with E-state index in [1.165, 1.54) is 5.01 Å². The summed E-state index contributed by atoms with van der Waals surface area (Å²) < 4.78 is 0. The summed E-state index contributed by atoms with van der Waals surface area (Å²) in [6, 6.07) is 16.4. The number of amides is 2. The molecular weight excluding hydrogens is 400 g/mol. The highest BCUT2D eigenvalue weighted by atomic mass is 32.1. The van der Waals surface area contributed by atoms with E-state index in [4.69, 9.17) is 0 Å². The van der Waals surface area contributed by atoms with Crippen LogP contribution in [0.15, 0.2) is 66.7 Å². The minimum Gasteiger partial charge on any atom is -0.480 e. The van der Waals surface area contributed by atoms with Gasteiger partial charge >= 0.3 is 5.97 Å². The Morgan fingerprint density at radius 1 is 0.900 bits per heavy atom. The molecule has 0 saturated heterocycles. The molecule has 1 unspecified atom stereocenters. The second-order valence-electron chi connectivity index (χ2n) is 7.14. The third-order valence-corrected chi connectivity index (χ3v) is 5.85. The number of thiol groups is 1. The Morgan fingerprint density at radius 2 is 1.47 bits per heavy atom. The summed E-state index contributed by atoms with van der Waals surface area (Å²) in [5.74, 6) is -2.44. The van der Waals surface area contributed by atoms with Gasteiger partial charge in [0.05, 0.1) is 5.69 Å². The molecule has 0 aliphatic carbocycles. The Balaban J connectivity index is 1.85. The molecule has 30 heavy (non-hydrogen) atoms. The lowest BCUT2D eigenvalue weighted by molar-refractivity contribution is -0.142. The Hall–Kier alpha value is -3.58. The second-order valence-corrected chi connectivity index (χ2v) is 7.51. The molecule has 1 aliphatic rings. The van der Waals surface area contributed by atoms with Gasteiger partial charge in [-0.3, -0.25) is 14.6 Å². The van der Waals surface area contributed by atoms with E-state index in [9.17, 15) is 19.5 Å². The minimum absolute atomic E-state index is 0.0889. The smallest absolute Gasteiger partial charge is 0.329 e. The number of rotatable bonds is 5. The number of carboxylic acid groups (broad SMARTS) is 1. The number of carbonyl (C=O) groups excluding carboxylic acids is 2. The standard InChI is InChI=1S/C23H16N2O4S/c26-19-10-11-20(27)25(19)24(18(12-30)23(28)29)17-9-7-15-5-4-13-2-1-3-14-6-8-16(17)22(15)21(13)14/h1-11,18,30H,12H2,(H,28,29). The van der Waals surface area contributed by atoms with Crippen molar-refractivity contribution in [2.75, 3.05) is 10.8 Å². The predicted octanol–water partition coefficient (Wildman–Crippen LogP) is 3.61. The third kappa shape index (κ3) is 2.55. The maximum absolute atomic E-state index is 12.5. The third-order valence-electron chi connectivity index (χ3n) is 5.51. The number of hydrogen-bond donors (Lipinski definition) is 2. The van der Waals surface area contributed by atoms with Crippen LogP contribution in [0.5, 0.6) is 0 Å². The van der Waals surface area contributed by atoms with Crippen molar-refractivity contribution in [2.45, 2.75) is 6.04 Å². The number of aliphatic carboxylic acids is 1. The van der Waals surface area contributed by atoms with Crippen LogP contribution in [-0.4, -0.2) is 39.7 Å². The van der Waals surface area contributed by atoms with Crippen molar-refractivity contribution in [1.82, 2.24) is 5.01 Å². The minimum atomic E-state index is -1.21. The highest BCUT2D eigenvalue weighted by Crippen LogP contribution is 2.40. The van der Waals surface area contributed by atoms with Crippen LogP contribution in [0.1, 0.15) is 0 Å². The first-order chi connectivity index (χ1) is 14.5. The molecule has 148 valence electrons. The summed E-state index contributed by atoms with van der Waals surface area (Å²) in [4.78, 5) is 37.0. The fourth-order valence-electron chi connectivity index (χ4n) is 4.20. The van der Waals surface area contributed by atoms with Gasteiger partial charge in [-0.1, -0.05) is 48.5 Å². The van der Waals surface area contributed by atoms with E-state index in [1.807, 2.05) is 48.5 Å². The Labute approximate surface area is 176 Å². The van der Waals surface area contributed by atoms with E-state index in [0.717, 1.165) is 49.5 Å². The molecule has 0 fully saturated rings. The average molecular weight is 416 g/mol. The first kappa shape index (κ1) is 18.4. The second kappa shape index (κ2) is 6.74. The van der Waals surface area contributed by atoms with Crippen molar-refractivity contribution in [3.8, 4) is 0 Å². The molecule has 7 heteroatoms. The highest BCUT2D eigenvalue weighted by Gasteiger charge is 2.38. The Bertz CT molecular complexity index is 1350. The van der Waals surface area contributed by atoms with Crippen molar-refractivity contribution in [3.63, 3.8) is 0 Å². The first-order valence-electron chi connectivity index (χ1n) is 9.36. The average Bonchev–Trinajstić information content (AvgIpc) is 3.08. The number of benzene rings is 4. The zero-order chi connectivity index (χ0) is 21.0. The number of anilines is 1. The van der Waals surface area contributed by atoms with Gasteiger partial charge in [-0.25, -0.2) is 4.79 Å². The largest absolute Gasteiger partial charge is 0.480 e. The van der Waals surface area contributed by atoms with Crippen LogP contribution in [0.3, 0.4) is 0 Å². The van der Waals surface area contributed by atoms with Crippen LogP contribution < -0.4 is 5.01 Å². The molecule has 5 rings (SSSR count). The monoisotopic (exact) mass is 416 g/mol. The molecule has 1 heterocycles. The van der Waals surface area contributed by atoms with Gasteiger partial charge < -0.3 is 5.11 Å². The molecule has 2 amide bonds.